The van der Waals surface area contributed by atoms with Crippen LogP contribution in [0.2, 0.25) is 5.02 Å². The molecular formula is C7H8ClNO. The van der Waals surface area contributed by atoms with E-state index >= 15 is 0 Å². The van der Waals surface area contributed by atoms with Crippen LogP contribution in [0.25, 0.3) is 0 Å². The SMILES string of the molecule is CCOc1ccncc1Cl. The van der Waals surface area contributed by atoms with Crippen LogP contribution in [-0.2, 0) is 0 Å². The summed E-state index contributed by atoms with van der Waals surface area (Å²) in [5.41, 5.74) is 0. The van der Waals surface area contributed by atoms with E-state index in [-0.39, 0.29) is 0 Å². The maximum atomic E-state index is 5.72. The van der Waals surface area contributed by atoms with Gasteiger partial charge < -0.3 is 4.74 Å². The van der Waals surface area contributed by atoms with Gasteiger partial charge in [-0.2, -0.15) is 0 Å². The van der Waals surface area contributed by atoms with Crippen molar-refractivity contribution in [2.75, 3.05) is 6.61 Å². The Bertz CT molecular complexity index is 215. The second kappa shape index (κ2) is 3.42. The van der Waals surface area contributed by atoms with Gasteiger partial charge in [0, 0.05) is 18.5 Å². The van der Waals surface area contributed by atoms with Crippen molar-refractivity contribution in [1.82, 2.24) is 4.98 Å². The highest BCUT2D eigenvalue weighted by atomic mass is 35.5. The van der Waals surface area contributed by atoms with E-state index in [1.165, 1.54) is 0 Å². The van der Waals surface area contributed by atoms with Gasteiger partial charge in [-0.1, -0.05) is 11.6 Å². The molecule has 0 aliphatic carbocycles. The molecule has 0 aliphatic rings. The summed E-state index contributed by atoms with van der Waals surface area (Å²) in [6.45, 7) is 2.54. The van der Waals surface area contributed by atoms with Crippen molar-refractivity contribution in [1.29, 1.82) is 0 Å². The third kappa shape index (κ3) is 1.61. The van der Waals surface area contributed by atoms with E-state index in [1.54, 1.807) is 18.5 Å². The number of hydrogen-bond donors (Lipinski definition) is 0. The van der Waals surface area contributed by atoms with Gasteiger partial charge >= 0.3 is 0 Å². The van der Waals surface area contributed by atoms with E-state index in [9.17, 15) is 0 Å². The lowest BCUT2D eigenvalue weighted by Gasteiger charge is -2.02. The monoisotopic (exact) mass is 157 g/mol. The van der Waals surface area contributed by atoms with Crippen molar-refractivity contribution in [3.8, 4) is 5.75 Å². The fourth-order valence-corrected chi connectivity index (χ4v) is 0.809. The molecule has 0 fully saturated rings. The molecule has 0 aromatic carbocycles. The number of pyridine rings is 1. The van der Waals surface area contributed by atoms with Crippen LogP contribution < -0.4 is 4.74 Å². The minimum absolute atomic E-state index is 0.560. The average molecular weight is 158 g/mol. The summed E-state index contributed by atoms with van der Waals surface area (Å²) in [4.78, 5) is 3.82. The Morgan fingerprint density at radius 3 is 3.10 bits per heavy atom. The van der Waals surface area contributed by atoms with E-state index in [2.05, 4.69) is 4.98 Å². The average Bonchev–Trinajstić information content (AvgIpc) is 1.94. The Morgan fingerprint density at radius 2 is 2.50 bits per heavy atom. The van der Waals surface area contributed by atoms with Gasteiger partial charge in [0.15, 0.2) is 0 Å². The van der Waals surface area contributed by atoms with Gasteiger partial charge in [-0.3, -0.25) is 4.98 Å². The number of nitrogens with zero attached hydrogens (tertiary/aromatic N) is 1. The Kier molecular flexibility index (Phi) is 2.51. The Labute approximate surface area is 64.8 Å². The molecule has 1 aromatic heterocycles. The first-order chi connectivity index (χ1) is 4.84. The van der Waals surface area contributed by atoms with Crippen LogP contribution in [0, 0.1) is 0 Å². The molecule has 0 saturated heterocycles. The summed E-state index contributed by atoms with van der Waals surface area (Å²) < 4.78 is 5.16. The number of ether oxygens (including phenoxy) is 1. The van der Waals surface area contributed by atoms with E-state index in [1.807, 2.05) is 6.92 Å². The first-order valence-corrected chi connectivity index (χ1v) is 3.44. The van der Waals surface area contributed by atoms with Gasteiger partial charge in [-0.25, -0.2) is 0 Å². The molecular weight excluding hydrogens is 150 g/mol. The number of halogens is 1. The highest BCUT2D eigenvalue weighted by molar-refractivity contribution is 6.31. The molecule has 0 atom stereocenters. The van der Waals surface area contributed by atoms with Crippen LogP contribution in [0.4, 0.5) is 0 Å². The molecule has 0 spiro atoms. The van der Waals surface area contributed by atoms with Crippen molar-refractivity contribution < 1.29 is 4.74 Å². The standard InChI is InChI=1S/C7H8ClNO/c1-2-10-7-3-4-9-5-6(7)8/h3-5H,2H2,1H3. The molecule has 1 heterocycles. The van der Waals surface area contributed by atoms with Crippen molar-refractivity contribution >= 4 is 11.6 Å². The molecule has 0 aliphatic heterocycles. The molecule has 0 amide bonds. The second-order valence-corrected chi connectivity index (χ2v) is 2.15. The zero-order chi connectivity index (χ0) is 7.40. The predicted octanol–water partition coefficient (Wildman–Crippen LogP) is 2.13. The summed E-state index contributed by atoms with van der Waals surface area (Å²) in [6.07, 6.45) is 3.21. The van der Waals surface area contributed by atoms with E-state index < -0.39 is 0 Å². The molecule has 3 heteroatoms. The van der Waals surface area contributed by atoms with Gasteiger partial charge in [0.2, 0.25) is 0 Å². The highest BCUT2D eigenvalue weighted by Gasteiger charge is 1.96. The maximum absolute atomic E-state index is 5.72. The highest BCUT2D eigenvalue weighted by Crippen LogP contribution is 2.21. The molecule has 0 radical (unpaired) electrons. The fraction of sp³-hybridized carbons (Fsp3) is 0.286. The lowest BCUT2D eigenvalue weighted by molar-refractivity contribution is 0.340. The van der Waals surface area contributed by atoms with Crippen LogP contribution >= 0.6 is 11.6 Å². The van der Waals surface area contributed by atoms with Gasteiger partial charge in [0.25, 0.3) is 0 Å². The van der Waals surface area contributed by atoms with Gasteiger partial charge in [-0.15, -0.1) is 0 Å². The van der Waals surface area contributed by atoms with Crippen molar-refractivity contribution in [2.24, 2.45) is 0 Å². The smallest absolute Gasteiger partial charge is 0.140 e. The van der Waals surface area contributed by atoms with Crippen molar-refractivity contribution in [3.05, 3.63) is 23.5 Å². The largest absolute Gasteiger partial charge is 0.492 e. The second-order valence-electron chi connectivity index (χ2n) is 1.74. The van der Waals surface area contributed by atoms with Crippen molar-refractivity contribution in [2.45, 2.75) is 6.92 Å². The molecule has 54 valence electrons. The number of hydrogen-bond acceptors (Lipinski definition) is 2. The maximum Gasteiger partial charge on any atom is 0.140 e. The number of rotatable bonds is 2. The van der Waals surface area contributed by atoms with Crippen LogP contribution in [0.5, 0.6) is 5.75 Å². The molecule has 10 heavy (non-hydrogen) atoms. The quantitative estimate of drug-likeness (QED) is 0.656. The summed E-state index contributed by atoms with van der Waals surface area (Å²) >= 11 is 5.72. The summed E-state index contributed by atoms with van der Waals surface area (Å²) in [5.74, 6) is 0.694. The van der Waals surface area contributed by atoms with Crippen LogP contribution in [-0.4, -0.2) is 11.6 Å². The Morgan fingerprint density at radius 1 is 1.70 bits per heavy atom. The molecule has 0 unspecified atom stereocenters. The topological polar surface area (TPSA) is 22.1 Å². The summed E-state index contributed by atoms with van der Waals surface area (Å²) in [6, 6.07) is 1.74. The minimum atomic E-state index is 0.560. The Hall–Kier alpha value is -0.760. The van der Waals surface area contributed by atoms with Crippen LogP contribution in [0.3, 0.4) is 0 Å². The Balaban J connectivity index is 2.81. The zero-order valence-electron chi connectivity index (χ0n) is 5.67. The van der Waals surface area contributed by atoms with Gasteiger partial charge in [-0.05, 0) is 6.92 Å². The summed E-state index contributed by atoms with van der Waals surface area (Å²) in [7, 11) is 0. The fourth-order valence-electron chi connectivity index (χ4n) is 0.635. The minimum Gasteiger partial charge on any atom is -0.492 e. The van der Waals surface area contributed by atoms with E-state index in [4.69, 9.17) is 16.3 Å². The number of aromatic nitrogens is 1. The molecule has 0 bridgehead atoms. The summed E-state index contributed by atoms with van der Waals surface area (Å²) in [5, 5.41) is 0.560. The molecule has 1 aromatic rings. The lowest BCUT2D eigenvalue weighted by atomic mass is 10.4. The van der Waals surface area contributed by atoms with Crippen LogP contribution in [0.1, 0.15) is 6.92 Å². The van der Waals surface area contributed by atoms with E-state index in [0.717, 1.165) is 0 Å². The molecule has 1 rings (SSSR count). The third-order valence-electron chi connectivity index (χ3n) is 1.04. The third-order valence-corrected chi connectivity index (χ3v) is 1.32. The molecule has 2 nitrogen and oxygen atoms in total. The molecule has 0 saturated carbocycles. The predicted molar refractivity (Wildman–Crippen MR) is 40.4 cm³/mol. The first-order valence-electron chi connectivity index (χ1n) is 3.07. The first kappa shape index (κ1) is 7.35. The van der Waals surface area contributed by atoms with Crippen molar-refractivity contribution in [3.63, 3.8) is 0 Å². The van der Waals surface area contributed by atoms with Crippen LogP contribution in [0.15, 0.2) is 18.5 Å². The lowest BCUT2D eigenvalue weighted by Crippen LogP contribution is -1.91. The molecule has 0 N–H and O–H groups in total. The van der Waals surface area contributed by atoms with Gasteiger partial charge in [0.05, 0.1) is 6.61 Å². The van der Waals surface area contributed by atoms with Gasteiger partial charge in [0.1, 0.15) is 10.8 Å². The zero-order valence-corrected chi connectivity index (χ0v) is 6.43. The van der Waals surface area contributed by atoms with E-state index in [0.29, 0.717) is 17.4 Å². The normalized spacial score (nSPS) is 9.40.